The lowest BCUT2D eigenvalue weighted by atomic mass is 10.1. The first-order valence-electron chi connectivity index (χ1n) is 5.16. The summed E-state index contributed by atoms with van der Waals surface area (Å²) in [6.45, 7) is 2.05. The average Bonchev–Trinajstić information content (AvgIpc) is 2.67. The minimum Gasteiger partial charge on any atom is -0.307 e. The highest BCUT2D eigenvalue weighted by Gasteiger charge is 2.17. The van der Waals surface area contributed by atoms with E-state index in [9.17, 15) is 0 Å². The van der Waals surface area contributed by atoms with Gasteiger partial charge < -0.3 is 5.32 Å². The standard InChI is InChI=1S/C11H15N5/c1-8-4-5-13-9(6-8)11(12-2)10-7-14-15-16(10)3/h4-7,11-12H,1-3H3. The van der Waals surface area contributed by atoms with Gasteiger partial charge in [0.1, 0.15) is 0 Å². The average molecular weight is 217 g/mol. The van der Waals surface area contributed by atoms with Crippen LogP contribution in [0.25, 0.3) is 0 Å². The molecule has 2 rings (SSSR count). The second kappa shape index (κ2) is 4.40. The normalized spacial score (nSPS) is 12.7. The van der Waals surface area contributed by atoms with Crippen LogP contribution in [0.15, 0.2) is 24.5 Å². The molecule has 5 nitrogen and oxygen atoms in total. The number of aryl methyl sites for hydroxylation is 2. The molecule has 0 saturated heterocycles. The predicted molar refractivity (Wildman–Crippen MR) is 60.9 cm³/mol. The molecular formula is C11H15N5. The summed E-state index contributed by atoms with van der Waals surface area (Å²) < 4.78 is 1.76. The highest BCUT2D eigenvalue weighted by atomic mass is 15.4. The van der Waals surface area contributed by atoms with Crippen molar-refractivity contribution in [1.29, 1.82) is 0 Å². The van der Waals surface area contributed by atoms with Crippen LogP contribution in [0.5, 0.6) is 0 Å². The quantitative estimate of drug-likeness (QED) is 0.827. The van der Waals surface area contributed by atoms with Gasteiger partial charge in [-0.15, -0.1) is 5.10 Å². The van der Waals surface area contributed by atoms with Gasteiger partial charge >= 0.3 is 0 Å². The molecule has 5 heteroatoms. The second-order valence-corrected chi connectivity index (χ2v) is 3.76. The van der Waals surface area contributed by atoms with Crippen molar-refractivity contribution in [2.45, 2.75) is 13.0 Å². The van der Waals surface area contributed by atoms with Crippen LogP contribution in [-0.2, 0) is 7.05 Å². The van der Waals surface area contributed by atoms with Gasteiger partial charge in [0.2, 0.25) is 0 Å². The molecule has 2 aromatic heterocycles. The first-order valence-corrected chi connectivity index (χ1v) is 5.16. The molecule has 0 fully saturated rings. The zero-order chi connectivity index (χ0) is 11.5. The van der Waals surface area contributed by atoms with Crippen molar-refractivity contribution in [2.24, 2.45) is 7.05 Å². The minimum atomic E-state index is 0.0277. The SMILES string of the molecule is CNC(c1cc(C)ccn1)c1cnnn1C. The number of rotatable bonds is 3. The van der Waals surface area contributed by atoms with Gasteiger partial charge in [0, 0.05) is 13.2 Å². The Kier molecular flexibility index (Phi) is 2.96. The first-order chi connectivity index (χ1) is 7.72. The van der Waals surface area contributed by atoms with E-state index in [-0.39, 0.29) is 6.04 Å². The highest BCUT2D eigenvalue weighted by Crippen LogP contribution is 2.18. The maximum absolute atomic E-state index is 4.38. The largest absolute Gasteiger partial charge is 0.307 e. The molecule has 0 saturated carbocycles. The molecule has 2 heterocycles. The number of nitrogens with one attached hydrogen (secondary N) is 1. The lowest BCUT2D eigenvalue weighted by molar-refractivity contribution is 0.587. The van der Waals surface area contributed by atoms with Gasteiger partial charge in [0.05, 0.1) is 23.6 Å². The predicted octanol–water partition coefficient (Wildman–Crippen LogP) is 0.827. The van der Waals surface area contributed by atoms with Gasteiger partial charge in [-0.1, -0.05) is 5.21 Å². The third-order valence-electron chi connectivity index (χ3n) is 2.57. The molecular weight excluding hydrogens is 202 g/mol. The molecule has 0 radical (unpaired) electrons. The van der Waals surface area contributed by atoms with E-state index in [0.717, 1.165) is 11.4 Å². The van der Waals surface area contributed by atoms with Crippen molar-refractivity contribution in [3.05, 3.63) is 41.5 Å². The molecule has 1 unspecified atom stereocenters. The van der Waals surface area contributed by atoms with Gasteiger partial charge in [0.25, 0.3) is 0 Å². The molecule has 0 amide bonds. The summed E-state index contributed by atoms with van der Waals surface area (Å²) in [7, 11) is 3.78. The zero-order valence-electron chi connectivity index (χ0n) is 9.68. The van der Waals surface area contributed by atoms with Crippen LogP contribution in [-0.4, -0.2) is 27.0 Å². The number of nitrogens with zero attached hydrogens (tertiary/aromatic N) is 4. The van der Waals surface area contributed by atoms with E-state index < -0.39 is 0 Å². The van der Waals surface area contributed by atoms with Crippen molar-refractivity contribution in [2.75, 3.05) is 7.05 Å². The summed E-state index contributed by atoms with van der Waals surface area (Å²) in [5.74, 6) is 0. The maximum Gasteiger partial charge on any atom is 0.0935 e. The van der Waals surface area contributed by atoms with Crippen LogP contribution >= 0.6 is 0 Å². The van der Waals surface area contributed by atoms with Crippen LogP contribution in [0.3, 0.4) is 0 Å². The van der Waals surface area contributed by atoms with E-state index in [0.29, 0.717) is 0 Å². The van der Waals surface area contributed by atoms with Crippen LogP contribution in [0.1, 0.15) is 23.0 Å². The van der Waals surface area contributed by atoms with Crippen molar-refractivity contribution in [1.82, 2.24) is 25.3 Å². The van der Waals surface area contributed by atoms with Gasteiger partial charge in [0.15, 0.2) is 0 Å². The van der Waals surface area contributed by atoms with Crippen molar-refractivity contribution < 1.29 is 0 Å². The monoisotopic (exact) mass is 217 g/mol. The van der Waals surface area contributed by atoms with Crippen LogP contribution in [0, 0.1) is 6.92 Å². The molecule has 1 N–H and O–H groups in total. The van der Waals surface area contributed by atoms with Crippen LogP contribution in [0.4, 0.5) is 0 Å². The number of pyridine rings is 1. The Hall–Kier alpha value is -1.75. The summed E-state index contributed by atoms with van der Waals surface area (Å²) in [4.78, 5) is 4.38. The fourth-order valence-electron chi connectivity index (χ4n) is 1.72. The van der Waals surface area contributed by atoms with E-state index in [1.54, 1.807) is 10.9 Å². The molecule has 0 aromatic carbocycles. The van der Waals surface area contributed by atoms with Crippen molar-refractivity contribution in [3.63, 3.8) is 0 Å². The molecule has 0 bridgehead atoms. The van der Waals surface area contributed by atoms with E-state index in [1.165, 1.54) is 5.56 Å². The Morgan fingerprint density at radius 1 is 1.44 bits per heavy atom. The molecule has 0 spiro atoms. The highest BCUT2D eigenvalue weighted by molar-refractivity contribution is 5.23. The minimum absolute atomic E-state index is 0.0277. The topological polar surface area (TPSA) is 55.6 Å². The summed E-state index contributed by atoms with van der Waals surface area (Å²) in [5.41, 5.74) is 3.17. The lowest BCUT2D eigenvalue weighted by Crippen LogP contribution is -2.21. The van der Waals surface area contributed by atoms with Crippen LogP contribution < -0.4 is 5.32 Å². The van der Waals surface area contributed by atoms with Crippen molar-refractivity contribution >= 4 is 0 Å². The van der Waals surface area contributed by atoms with Crippen molar-refractivity contribution in [3.8, 4) is 0 Å². The van der Waals surface area contributed by atoms with Gasteiger partial charge in [-0.3, -0.25) is 9.67 Å². The molecule has 2 aromatic rings. The lowest BCUT2D eigenvalue weighted by Gasteiger charge is -2.15. The van der Waals surface area contributed by atoms with Crippen LogP contribution in [0.2, 0.25) is 0 Å². The molecule has 0 aliphatic rings. The Balaban J connectivity index is 2.40. The number of aromatic nitrogens is 4. The smallest absolute Gasteiger partial charge is 0.0935 e. The second-order valence-electron chi connectivity index (χ2n) is 3.76. The van der Waals surface area contributed by atoms with Gasteiger partial charge in [-0.25, -0.2) is 0 Å². The first kappa shape index (κ1) is 10.8. The Labute approximate surface area is 94.5 Å². The summed E-state index contributed by atoms with van der Waals surface area (Å²) >= 11 is 0. The molecule has 0 aliphatic heterocycles. The molecule has 84 valence electrons. The van der Waals surface area contributed by atoms with E-state index in [1.807, 2.05) is 26.4 Å². The molecule has 1 atom stereocenters. The number of hydrogen-bond donors (Lipinski definition) is 1. The van der Waals surface area contributed by atoms with Gasteiger partial charge in [-0.05, 0) is 31.7 Å². The Bertz CT molecular complexity index is 477. The third-order valence-corrected chi connectivity index (χ3v) is 2.57. The summed E-state index contributed by atoms with van der Waals surface area (Å²) in [6.07, 6.45) is 3.57. The number of hydrogen-bond acceptors (Lipinski definition) is 4. The third kappa shape index (κ3) is 1.94. The zero-order valence-corrected chi connectivity index (χ0v) is 9.68. The van der Waals surface area contributed by atoms with E-state index in [2.05, 4.69) is 33.6 Å². The van der Waals surface area contributed by atoms with Gasteiger partial charge in [-0.2, -0.15) is 0 Å². The maximum atomic E-state index is 4.38. The van der Waals surface area contributed by atoms with E-state index in [4.69, 9.17) is 0 Å². The molecule has 16 heavy (non-hydrogen) atoms. The van der Waals surface area contributed by atoms with E-state index >= 15 is 0 Å². The Morgan fingerprint density at radius 2 is 2.25 bits per heavy atom. The fraction of sp³-hybridized carbons (Fsp3) is 0.364. The molecule has 0 aliphatic carbocycles. The summed E-state index contributed by atoms with van der Waals surface area (Å²) in [5, 5.41) is 11.0. The fourth-order valence-corrected chi connectivity index (χ4v) is 1.72. The summed E-state index contributed by atoms with van der Waals surface area (Å²) in [6, 6.07) is 4.08. The Morgan fingerprint density at radius 3 is 2.81 bits per heavy atom.